The Hall–Kier alpha value is -2.88. The van der Waals surface area contributed by atoms with Crippen molar-refractivity contribution in [3.8, 4) is 0 Å². The average Bonchev–Trinajstić information content (AvgIpc) is 2.91. The molecular weight excluding hydrogens is 348 g/mol. The first-order chi connectivity index (χ1) is 13.1. The maximum absolute atomic E-state index is 13.2. The molecule has 0 aliphatic carbocycles. The van der Waals surface area contributed by atoms with Gasteiger partial charge >= 0.3 is 0 Å². The van der Waals surface area contributed by atoms with Crippen LogP contribution in [0.25, 0.3) is 5.52 Å². The quantitative estimate of drug-likeness (QED) is 0.581. The van der Waals surface area contributed by atoms with Gasteiger partial charge in [0.1, 0.15) is 5.69 Å². The van der Waals surface area contributed by atoms with E-state index in [1.54, 1.807) is 0 Å². The van der Waals surface area contributed by atoms with E-state index in [4.69, 9.17) is 0 Å². The van der Waals surface area contributed by atoms with Crippen LogP contribution in [0.15, 0.2) is 48.7 Å². The molecule has 0 atom stereocenters. The topological polar surface area (TPSA) is 50.6 Å². The van der Waals surface area contributed by atoms with E-state index in [1.165, 1.54) is 0 Å². The molecule has 3 aromatic rings. The Kier molecular flexibility index (Phi) is 5.16. The second-order valence-corrected chi connectivity index (χ2v) is 8.62. The zero-order valence-corrected chi connectivity index (χ0v) is 17.5. The normalized spacial score (nSPS) is 11.8. The van der Waals surface area contributed by atoms with Crippen LogP contribution in [-0.4, -0.2) is 16.1 Å². The van der Waals surface area contributed by atoms with Gasteiger partial charge in [-0.3, -0.25) is 9.59 Å². The molecule has 3 rings (SSSR count). The second-order valence-electron chi connectivity index (χ2n) is 8.62. The van der Waals surface area contributed by atoms with Gasteiger partial charge in [-0.1, -0.05) is 52.8 Å². The number of benzene rings is 1. The summed E-state index contributed by atoms with van der Waals surface area (Å²) in [4.78, 5) is 26.3. The number of pyridine rings is 1. The number of nitrogens with zero attached hydrogens (tertiary/aromatic N) is 1. The Balaban J connectivity index is 2.21. The molecule has 0 aliphatic rings. The predicted molar refractivity (Wildman–Crippen MR) is 114 cm³/mol. The Bertz CT molecular complexity index is 1040. The molecule has 0 aliphatic heterocycles. The summed E-state index contributed by atoms with van der Waals surface area (Å²) in [6.45, 7) is 11.8. The third kappa shape index (κ3) is 3.59. The molecule has 1 aromatic carbocycles. The molecule has 0 bridgehead atoms. The van der Waals surface area contributed by atoms with E-state index in [1.807, 2.05) is 80.8 Å². The fourth-order valence-electron chi connectivity index (χ4n) is 3.41. The van der Waals surface area contributed by atoms with E-state index in [0.29, 0.717) is 22.7 Å². The summed E-state index contributed by atoms with van der Waals surface area (Å²) >= 11 is 0. The number of aromatic nitrogens is 1. The minimum absolute atomic E-state index is 0.0437. The van der Waals surface area contributed by atoms with Crippen LogP contribution in [-0.2, 0) is 0 Å². The monoisotopic (exact) mass is 376 g/mol. The van der Waals surface area contributed by atoms with Crippen molar-refractivity contribution in [3.63, 3.8) is 0 Å². The molecule has 1 amide bonds. The number of nitrogens with one attached hydrogen (secondary N) is 1. The number of ketones is 1. The molecule has 4 nitrogen and oxygen atoms in total. The highest BCUT2D eigenvalue weighted by molar-refractivity contribution is 6.13. The maximum Gasteiger partial charge on any atom is 0.272 e. The lowest BCUT2D eigenvalue weighted by Crippen LogP contribution is -2.21. The van der Waals surface area contributed by atoms with Crippen LogP contribution in [0.2, 0.25) is 0 Å². The molecule has 2 heterocycles. The highest BCUT2D eigenvalue weighted by atomic mass is 16.2. The number of rotatable bonds is 4. The highest BCUT2D eigenvalue weighted by Gasteiger charge is 2.31. The van der Waals surface area contributed by atoms with E-state index in [-0.39, 0.29) is 11.7 Å². The lowest BCUT2D eigenvalue weighted by Gasteiger charge is -2.17. The van der Waals surface area contributed by atoms with Gasteiger partial charge in [-0.2, -0.15) is 0 Å². The van der Waals surface area contributed by atoms with Crippen molar-refractivity contribution in [2.45, 2.75) is 47.5 Å². The largest absolute Gasteiger partial charge is 0.321 e. The van der Waals surface area contributed by atoms with Crippen LogP contribution in [0.5, 0.6) is 0 Å². The minimum atomic E-state index is -0.534. The molecule has 0 unspecified atom stereocenters. The zero-order chi connectivity index (χ0) is 20.6. The first kappa shape index (κ1) is 19.9. The Morgan fingerprint density at radius 2 is 1.68 bits per heavy atom. The SMILES string of the molecule is Cc1c(C(=O)C(C)(C)C)c2cc(C(C)C)ccn2c1C(=O)Nc1ccccc1. The number of anilines is 1. The smallest absolute Gasteiger partial charge is 0.272 e. The average molecular weight is 377 g/mol. The number of carbonyl (C=O) groups excluding carboxylic acids is 2. The summed E-state index contributed by atoms with van der Waals surface area (Å²) in [6.07, 6.45) is 1.90. The Morgan fingerprint density at radius 1 is 1.04 bits per heavy atom. The van der Waals surface area contributed by atoms with Gasteiger partial charge in [0, 0.05) is 22.9 Å². The van der Waals surface area contributed by atoms with Crippen molar-refractivity contribution < 1.29 is 9.59 Å². The molecule has 2 aromatic heterocycles. The van der Waals surface area contributed by atoms with Gasteiger partial charge in [0.25, 0.3) is 5.91 Å². The van der Waals surface area contributed by atoms with Crippen LogP contribution in [0.3, 0.4) is 0 Å². The van der Waals surface area contributed by atoms with Crippen molar-refractivity contribution in [3.05, 3.63) is 71.0 Å². The lowest BCUT2D eigenvalue weighted by atomic mass is 9.85. The predicted octanol–water partition coefficient (Wildman–Crippen LogP) is 5.85. The molecule has 0 fully saturated rings. The third-order valence-electron chi connectivity index (χ3n) is 5.03. The van der Waals surface area contributed by atoms with Gasteiger partial charge in [0.05, 0.1) is 5.52 Å². The van der Waals surface area contributed by atoms with Gasteiger partial charge in [-0.05, 0) is 48.2 Å². The molecule has 1 N–H and O–H groups in total. The summed E-state index contributed by atoms with van der Waals surface area (Å²) in [5.41, 5.74) is 3.98. The van der Waals surface area contributed by atoms with E-state index >= 15 is 0 Å². The molecule has 0 radical (unpaired) electrons. The molecule has 0 saturated carbocycles. The fourth-order valence-corrected chi connectivity index (χ4v) is 3.41. The van der Waals surface area contributed by atoms with E-state index < -0.39 is 5.41 Å². The van der Waals surface area contributed by atoms with E-state index in [0.717, 1.165) is 16.8 Å². The van der Waals surface area contributed by atoms with Gasteiger partial charge < -0.3 is 9.72 Å². The third-order valence-corrected chi connectivity index (χ3v) is 5.03. The lowest BCUT2D eigenvalue weighted by molar-refractivity contribution is 0.0859. The van der Waals surface area contributed by atoms with Crippen molar-refractivity contribution in [2.24, 2.45) is 5.41 Å². The molecule has 146 valence electrons. The summed E-state index contributed by atoms with van der Waals surface area (Å²) < 4.78 is 1.85. The van der Waals surface area contributed by atoms with E-state index in [2.05, 4.69) is 19.2 Å². The number of hydrogen-bond donors (Lipinski definition) is 1. The Morgan fingerprint density at radius 3 is 2.25 bits per heavy atom. The number of carbonyl (C=O) groups is 2. The summed E-state index contributed by atoms with van der Waals surface area (Å²) in [7, 11) is 0. The summed E-state index contributed by atoms with van der Waals surface area (Å²) in [5, 5.41) is 2.95. The number of hydrogen-bond acceptors (Lipinski definition) is 2. The molecule has 28 heavy (non-hydrogen) atoms. The van der Waals surface area contributed by atoms with Crippen molar-refractivity contribution in [2.75, 3.05) is 5.32 Å². The second kappa shape index (κ2) is 7.27. The van der Waals surface area contributed by atoms with Crippen LogP contribution in [0.1, 0.15) is 72.5 Å². The van der Waals surface area contributed by atoms with Crippen LogP contribution >= 0.6 is 0 Å². The highest BCUT2D eigenvalue weighted by Crippen LogP contribution is 2.32. The maximum atomic E-state index is 13.2. The van der Waals surface area contributed by atoms with Crippen molar-refractivity contribution in [1.29, 1.82) is 0 Å². The minimum Gasteiger partial charge on any atom is -0.321 e. The van der Waals surface area contributed by atoms with Gasteiger partial charge in [0.15, 0.2) is 5.78 Å². The van der Waals surface area contributed by atoms with Crippen molar-refractivity contribution in [1.82, 2.24) is 4.40 Å². The number of Topliss-reactive ketones (excluding diaryl/α,β-unsaturated/α-hetero) is 1. The molecule has 0 spiro atoms. The number of amides is 1. The summed E-state index contributed by atoms with van der Waals surface area (Å²) in [6, 6.07) is 13.4. The number of para-hydroxylation sites is 1. The first-order valence-corrected chi connectivity index (χ1v) is 9.67. The van der Waals surface area contributed by atoms with Gasteiger partial charge in [0.2, 0.25) is 0 Å². The zero-order valence-electron chi connectivity index (χ0n) is 17.5. The fraction of sp³-hybridized carbons (Fsp3) is 0.333. The van der Waals surface area contributed by atoms with Crippen LogP contribution in [0.4, 0.5) is 5.69 Å². The first-order valence-electron chi connectivity index (χ1n) is 9.67. The van der Waals surface area contributed by atoms with E-state index in [9.17, 15) is 9.59 Å². The Labute approximate surface area is 166 Å². The van der Waals surface area contributed by atoms with Crippen LogP contribution < -0.4 is 5.32 Å². The van der Waals surface area contributed by atoms with Gasteiger partial charge in [-0.15, -0.1) is 0 Å². The molecular formula is C24H28N2O2. The number of fused-ring (bicyclic) bond motifs is 1. The van der Waals surface area contributed by atoms with Crippen LogP contribution in [0, 0.1) is 12.3 Å². The molecule has 0 saturated heterocycles. The standard InChI is InChI=1S/C24H28N2O2/c1-15(2)17-12-13-26-19(14-17)20(22(27)24(4,5)6)16(3)21(26)23(28)25-18-10-8-7-9-11-18/h7-15H,1-6H3,(H,25,28). The molecule has 4 heteroatoms. The van der Waals surface area contributed by atoms with Gasteiger partial charge in [-0.25, -0.2) is 0 Å². The van der Waals surface area contributed by atoms with Crippen molar-refractivity contribution >= 4 is 22.9 Å². The summed E-state index contributed by atoms with van der Waals surface area (Å²) in [5.74, 6) is 0.158.